The molecule has 128 valence electrons. The van der Waals surface area contributed by atoms with Crippen molar-refractivity contribution < 1.29 is 9.72 Å². The van der Waals surface area contributed by atoms with Crippen molar-refractivity contribution in [2.75, 3.05) is 5.32 Å². The largest absolute Gasteiger partial charge is 0.319 e. The van der Waals surface area contributed by atoms with E-state index in [0.29, 0.717) is 17.9 Å². The number of aromatic amines is 1. The van der Waals surface area contributed by atoms with Crippen LogP contribution in [0.3, 0.4) is 0 Å². The molecule has 0 saturated carbocycles. The van der Waals surface area contributed by atoms with Gasteiger partial charge in [0.25, 0.3) is 5.91 Å². The lowest BCUT2D eigenvalue weighted by molar-refractivity contribution is -0.385. The number of nitro groups is 1. The van der Waals surface area contributed by atoms with E-state index in [1.807, 2.05) is 37.3 Å². The zero-order valence-electron chi connectivity index (χ0n) is 13.7. The number of carbonyl (C=O) groups is 1. The zero-order valence-corrected chi connectivity index (χ0v) is 13.7. The SMILES string of the molecule is Cc1nn(Cc2ccccc2)c(C)c1NC(=O)c1[nH]ncc1[N+](=O)[O-]. The first-order chi connectivity index (χ1) is 12.0. The summed E-state index contributed by atoms with van der Waals surface area (Å²) in [6, 6.07) is 9.81. The van der Waals surface area contributed by atoms with E-state index in [2.05, 4.69) is 20.6 Å². The Balaban J connectivity index is 1.84. The fraction of sp³-hybridized carbons (Fsp3) is 0.188. The molecule has 2 aromatic heterocycles. The Labute approximate surface area is 142 Å². The van der Waals surface area contributed by atoms with Gasteiger partial charge in [0, 0.05) is 0 Å². The molecule has 0 radical (unpaired) electrons. The number of aryl methyl sites for hydroxylation is 1. The highest BCUT2D eigenvalue weighted by atomic mass is 16.6. The molecule has 0 fully saturated rings. The van der Waals surface area contributed by atoms with Gasteiger partial charge >= 0.3 is 5.69 Å². The van der Waals surface area contributed by atoms with Gasteiger partial charge in [-0.25, -0.2) is 0 Å². The summed E-state index contributed by atoms with van der Waals surface area (Å²) in [5.41, 5.74) is 2.44. The fourth-order valence-corrected chi connectivity index (χ4v) is 2.55. The molecule has 0 aliphatic carbocycles. The minimum atomic E-state index is -0.656. The second kappa shape index (κ2) is 6.56. The van der Waals surface area contributed by atoms with E-state index >= 15 is 0 Å². The number of H-pyrrole nitrogens is 1. The minimum Gasteiger partial charge on any atom is -0.317 e. The second-order valence-electron chi connectivity index (χ2n) is 5.53. The number of carbonyl (C=O) groups excluding carboxylic acids is 1. The Kier molecular flexibility index (Phi) is 4.29. The van der Waals surface area contributed by atoms with Gasteiger partial charge in [0.1, 0.15) is 6.20 Å². The second-order valence-corrected chi connectivity index (χ2v) is 5.53. The van der Waals surface area contributed by atoms with Crippen LogP contribution in [-0.2, 0) is 6.54 Å². The maximum Gasteiger partial charge on any atom is 0.319 e. The number of aromatic nitrogens is 4. The molecule has 0 aliphatic rings. The molecule has 0 bridgehead atoms. The molecular formula is C16H16N6O3. The molecule has 2 heterocycles. The molecule has 3 rings (SSSR count). The Hall–Kier alpha value is -3.49. The number of nitrogens with zero attached hydrogens (tertiary/aromatic N) is 4. The molecule has 1 amide bonds. The summed E-state index contributed by atoms with van der Waals surface area (Å²) in [5.74, 6) is -0.630. The molecule has 9 heteroatoms. The normalized spacial score (nSPS) is 10.6. The maximum atomic E-state index is 12.3. The van der Waals surface area contributed by atoms with Gasteiger partial charge in [-0.3, -0.25) is 24.7 Å². The predicted octanol–water partition coefficient (Wildman–Crippen LogP) is 2.43. The lowest BCUT2D eigenvalue weighted by Crippen LogP contribution is -2.15. The van der Waals surface area contributed by atoms with Gasteiger partial charge in [-0.05, 0) is 19.4 Å². The lowest BCUT2D eigenvalue weighted by Gasteiger charge is -2.06. The van der Waals surface area contributed by atoms with Crippen LogP contribution in [0, 0.1) is 24.0 Å². The summed E-state index contributed by atoms with van der Waals surface area (Å²) in [6.45, 7) is 4.17. The van der Waals surface area contributed by atoms with Crippen LogP contribution in [0.15, 0.2) is 36.5 Å². The van der Waals surface area contributed by atoms with Crippen molar-refractivity contribution in [3.63, 3.8) is 0 Å². The monoisotopic (exact) mass is 340 g/mol. The Morgan fingerprint density at radius 3 is 2.72 bits per heavy atom. The van der Waals surface area contributed by atoms with Crippen LogP contribution in [0.5, 0.6) is 0 Å². The molecule has 9 nitrogen and oxygen atoms in total. The first-order valence-electron chi connectivity index (χ1n) is 7.54. The first-order valence-corrected chi connectivity index (χ1v) is 7.54. The van der Waals surface area contributed by atoms with Crippen LogP contribution in [0.4, 0.5) is 11.4 Å². The molecule has 1 aromatic carbocycles. The van der Waals surface area contributed by atoms with E-state index in [1.54, 1.807) is 11.6 Å². The zero-order chi connectivity index (χ0) is 18.0. The van der Waals surface area contributed by atoms with Gasteiger partial charge in [-0.15, -0.1) is 0 Å². The molecule has 0 saturated heterocycles. The van der Waals surface area contributed by atoms with Crippen LogP contribution in [0.25, 0.3) is 0 Å². The highest BCUT2D eigenvalue weighted by molar-refractivity contribution is 6.06. The number of amides is 1. The van der Waals surface area contributed by atoms with Crippen molar-refractivity contribution in [1.29, 1.82) is 0 Å². The van der Waals surface area contributed by atoms with Gasteiger partial charge < -0.3 is 5.32 Å². The first kappa shape index (κ1) is 16.4. The van der Waals surface area contributed by atoms with Crippen molar-refractivity contribution in [1.82, 2.24) is 20.0 Å². The van der Waals surface area contributed by atoms with Crippen molar-refractivity contribution in [3.8, 4) is 0 Å². The summed E-state index contributed by atoms with van der Waals surface area (Å²) in [5, 5.41) is 24.0. The standard InChI is InChI=1S/C16H16N6O3/c1-10-14(18-16(23)15-13(22(24)25)8-17-19-15)11(2)21(20-10)9-12-6-4-3-5-7-12/h3-8H,9H2,1-2H3,(H,17,19)(H,18,23). The fourth-order valence-electron chi connectivity index (χ4n) is 2.55. The number of anilines is 1. The third-order valence-electron chi connectivity index (χ3n) is 3.84. The van der Waals surface area contributed by atoms with Gasteiger partial charge in [-0.1, -0.05) is 30.3 Å². The van der Waals surface area contributed by atoms with E-state index in [-0.39, 0.29) is 11.4 Å². The average molecular weight is 340 g/mol. The Bertz CT molecular complexity index is 929. The molecule has 3 aromatic rings. The number of nitrogens with one attached hydrogen (secondary N) is 2. The number of hydrogen-bond donors (Lipinski definition) is 2. The quantitative estimate of drug-likeness (QED) is 0.546. The third kappa shape index (κ3) is 3.25. The highest BCUT2D eigenvalue weighted by Gasteiger charge is 2.24. The molecule has 0 unspecified atom stereocenters. The minimum absolute atomic E-state index is 0.195. The summed E-state index contributed by atoms with van der Waals surface area (Å²) >= 11 is 0. The van der Waals surface area contributed by atoms with Gasteiger partial charge in [-0.2, -0.15) is 10.2 Å². The lowest BCUT2D eigenvalue weighted by atomic mass is 10.2. The molecule has 0 aliphatic heterocycles. The van der Waals surface area contributed by atoms with E-state index < -0.39 is 10.8 Å². The summed E-state index contributed by atoms with van der Waals surface area (Å²) in [6.07, 6.45) is 1.01. The van der Waals surface area contributed by atoms with Gasteiger partial charge in [0.2, 0.25) is 5.69 Å². The van der Waals surface area contributed by atoms with E-state index in [1.165, 1.54) is 0 Å². The molecule has 0 spiro atoms. The highest BCUT2D eigenvalue weighted by Crippen LogP contribution is 2.23. The van der Waals surface area contributed by atoms with E-state index in [4.69, 9.17) is 0 Å². The van der Waals surface area contributed by atoms with Crippen LogP contribution in [-0.4, -0.2) is 30.8 Å². The van der Waals surface area contributed by atoms with Crippen molar-refractivity contribution >= 4 is 17.3 Å². The topological polar surface area (TPSA) is 119 Å². The van der Waals surface area contributed by atoms with Crippen molar-refractivity contribution in [3.05, 3.63) is 69.3 Å². The number of benzene rings is 1. The molecule has 2 N–H and O–H groups in total. The Morgan fingerprint density at radius 2 is 2.04 bits per heavy atom. The molecule has 25 heavy (non-hydrogen) atoms. The smallest absolute Gasteiger partial charge is 0.317 e. The summed E-state index contributed by atoms with van der Waals surface area (Å²) in [7, 11) is 0. The van der Waals surface area contributed by atoms with E-state index in [9.17, 15) is 14.9 Å². The summed E-state index contributed by atoms with van der Waals surface area (Å²) in [4.78, 5) is 22.6. The van der Waals surface area contributed by atoms with Gasteiger partial charge in [0.15, 0.2) is 0 Å². The third-order valence-corrected chi connectivity index (χ3v) is 3.84. The van der Waals surface area contributed by atoms with Crippen LogP contribution in [0.2, 0.25) is 0 Å². The molecular weight excluding hydrogens is 324 g/mol. The Morgan fingerprint density at radius 1 is 1.32 bits per heavy atom. The average Bonchev–Trinajstić information content (AvgIpc) is 3.17. The van der Waals surface area contributed by atoms with Crippen LogP contribution < -0.4 is 5.32 Å². The number of rotatable bonds is 5. The predicted molar refractivity (Wildman–Crippen MR) is 90.4 cm³/mol. The number of hydrogen-bond acceptors (Lipinski definition) is 5. The van der Waals surface area contributed by atoms with Crippen molar-refractivity contribution in [2.24, 2.45) is 0 Å². The van der Waals surface area contributed by atoms with Gasteiger partial charge in [0.05, 0.1) is 28.5 Å². The van der Waals surface area contributed by atoms with Crippen molar-refractivity contribution in [2.45, 2.75) is 20.4 Å². The van der Waals surface area contributed by atoms with Crippen LogP contribution >= 0.6 is 0 Å². The summed E-state index contributed by atoms with van der Waals surface area (Å²) < 4.78 is 1.78. The van der Waals surface area contributed by atoms with Crippen LogP contribution in [0.1, 0.15) is 27.4 Å². The van der Waals surface area contributed by atoms with E-state index in [0.717, 1.165) is 17.5 Å². The maximum absolute atomic E-state index is 12.3. The molecule has 0 atom stereocenters.